The molecular formula is C31H44N10O12P2S. The highest BCUT2D eigenvalue weighted by Crippen LogP contribution is 2.75. The van der Waals surface area contributed by atoms with Crippen LogP contribution in [0, 0.1) is 16.7 Å². The number of aromatic nitrogens is 8. The molecule has 25 heteroatoms. The summed E-state index contributed by atoms with van der Waals surface area (Å²) in [4.78, 5) is 36.4. The fourth-order valence-corrected chi connectivity index (χ4v) is 13.3. The summed E-state index contributed by atoms with van der Waals surface area (Å²) in [6, 6.07) is -0.733. The molecule has 4 aromatic heterocycles. The minimum absolute atomic E-state index is 0.0313. The Morgan fingerprint density at radius 3 is 2.61 bits per heavy atom. The van der Waals surface area contributed by atoms with E-state index in [1.807, 2.05) is 0 Å². The first-order chi connectivity index (χ1) is 26.5. The van der Waals surface area contributed by atoms with Crippen molar-refractivity contribution in [2.75, 3.05) is 44.3 Å². The van der Waals surface area contributed by atoms with E-state index in [0.29, 0.717) is 29.0 Å². The van der Waals surface area contributed by atoms with Crippen LogP contribution in [-0.2, 0) is 41.4 Å². The summed E-state index contributed by atoms with van der Waals surface area (Å²) in [5.74, 6) is -0.756. The predicted octanol–water partition coefficient (Wildman–Crippen LogP) is 2.17. The van der Waals surface area contributed by atoms with Crippen LogP contribution in [0.25, 0.3) is 22.3 Å². The maximum atomic E-state index is 15.3. The molecule has 2 aliphatic heterocycles. The van der Waals surface area contributed by atoms with Crippen LogP contribution in [-0.4, -0.2) is 118 Å². The number of imidazole rings is 2. The Morgan fingerprint density at radius 1 is 1.12 bits per heavy atom. The first-order valence-electron chi connectivity index (χ1n) is 17.8. The molecule has 4 aliphatic rings. The fraction of sp³-hybridized carbons (Fsp3) is 0.677. The molecule has 6 heterocycles. The second kappa shape index (κ2) is 14.3. The van der Waals surface area contributed by atoms with Crippen molar-refractivity contribution in [2.24, 2.45) is 16.7 Å². The molecule has 1 spiro atoms. The van der Waals surface area contributed by atoms with Gasteiger partial charge in [0.15, 0.2) is 35.1 Å². The highest BCUT2D eigenvalue weighted by atomic mass is 32.7. The zero-order valence-electron chi connectivity index (χ0n) is 31.0. The van der Waals surface area contributed by atoms with Crippen molar-refractivity contribution >= 4 is 59.9 Å². The van der Waals surface area contributed by atoms with E-state index in [-0.39, 0.29) is 42.1 Å². The zero-order chi connectivity index (χ0) is 39.9. The lowest BCUT2D eigenvalue weighted by molar-refractivity contribution is -0.144. The molecule has 7 N–H and O–H groups in total. The monoisotopic (exact) mass is 842 g/mol. The van der Waals surface area contributed by atoms with Gasteiger partial charge < -0.3 is 49.5 Å². The molecule has 4 fully saturated rings. The van der Waals surface area contributed by atoms with Crippen molar-refractivity contribution in [3.05, 3.63) is 29.3 Å². The third-order valence-electron chi connectivity index (χ3n) is 10.8. The van der Waals surface area contributed by atoms with E-state index in [2.05, 4.69) is 29.9 Å². The summed E-state index contributed by atoms with van der Waals surface area (Å²) in [6.07, 6.45) is -2.72. The Bertz CT molecular complexity index is 2290. The van der Waals surface area contributed by atoms with Crippen LogP contribution in [0.15, 0.2) is 23.8 Å². The van der Waals surface area contributed by atoms with Gasteiger partial charge in [-0.1, -0.05) is 20.8 Å². The van der Waals surface area contributed by atoms with Gasteiger partial charge in [-0.05, 0) is 30.6 Å². The van der Waals surface area contributed by atoms with Gasteiger partial charge in [0.25, 0.3) is 5.56 Å². The molecule has 0 radical (unpaired) electrons. The van der Waals surface area contributed by atoms with Crippen LogP contribution in [0.1, 0.15) is 46.4 Å². The van der Waals surface area contributed by atoms with E-state index in [4.69, 9.17) is 43.8 Å². The largest absolute Gasteiger partial charge is 0.391 e. The van der Waals surface area contributed by atoms with Gasteiger partial charge in [-0.15, -0.1) is 0 Å². The Kier molecular flexibility index (Phi) is 10.2. The van der Waals surface area contributed by atoms with Crippen molar-refractivity contribution in [3.63, 3.8) is 0 Å². The van der Waals surface area contributed by atoms with Gasteiger partial charge in [0, 0.05) is 17.9 Å². The van der Waals surface area contributed by atoms with Gasteiger partial charge in [0.05, 0.1) is 38.5 Å². The summed E-state index contributed by atoms with van der Waals surface area (Å²) in [5.41, 5.74) is 9.09. The number of methoxy groups -OCH3 is 1. The minimum Gasteiger partial charge on any atom is -0.388 e. The van der Waals surface area contributed by atoms with Crippen molar-refractivity contribution in [3.8, 4) is 0 Å². The standard InChI is InChI=1S/C31H44N10O12P2S/c1-6-49-54(45)21-20(47-5)15(52-27(21)41-12-37-17-25(41)38-29(33)39-26(17)43)8-50-55(46,56-13-48-28(44)30(2,3)4)53-22-19(42)18(14-7-31(14,22)9-51-54)40-11-36-16-23(32)34-10-35-24(16)40/h10-12,14-15,18-22,27-28,42,44H,6-9,13H2,1-5H3,(H2,32,34,35)(H3,33,38,39,43)/t14-,15-,18-,19+,20-,21-,22+,27?,28?,31?,54?,55?/m1/s1. The average molecular weight is 843 g/mol. The van der Waals surface area contributed by atoms with E-state index in [1.54, 1.807) is 32.3 Å². The Balaban J connectivity index is 1.22. The van der Waals surface area contributed by atoms with Gasteiger partial charge in [-0.3, -0.25) is 28.0 Å². The summed E-state index contributed by atoms with van der Waals surface area (Å²) in [5, 5.41) is 22.7. The lowest BCUT2D eigenvalue weighted by Crippen LogP contribution is -2.40. The van der Waals surface area contributed by atoms with Crippen LogP contribution in [0.4, 0.5) is 11.8 Å². The SMILES string of the molecule is CCOP1(=O)OCC23C[C@@H]2[C@@H](n2cnc4c(N)ncnc42)[C@H](O)[C@@H]3OP(=O)(SCOC(O)C(C)(C)C)OC[C@H]2OC(n3cnc4c(=O)[nH]c(N)nc43)[C@H]1[C@@H]2OC. The van der Waals surface area contributed by atoms with Gasteiger partial charge >= 0.3 is 14.4 Å². The molecule has 22 nitrogen and oxygen atoms in total. The predicted molar refractivity (Wildman–Crippen MR) is 199 cm³/mol. The van der Waals surface area contributed by atoms with Gasteiger partial charge in [0.2, 0.25) is 5.95 Å². The second-order valence-corrected chi connectivity index (χ2v) is 21.4. The van der Waals surface area contributed by atoms with Crippen LogP contribution >= 0.6 is 25.8 Å². The second-order valence-electron chi connectivity index (χ2n) is 15.3. The normalized spacial score (nSPS) is 36.6. The minimum atomic E-state index is -4.34. The third-order valence-corrected chi connectivity index (χ3v) is 16.6. The number of fused-ring (bicyclic) bond motifs is 4. The van der Waals surface area contributed by atoms with E-state index in [9.17, 15) is 19.6 Å². The number of nitrogens with one attached hydrogen (secondary N) is 1. The zero-order valence-corrected chi connectivity index (χ0v) is 33.6. The van der Waals surface area contributed by atoms with E-state index in [0.717, 1.165) is 0 Å². The molecular weight excluding hydrogens is 798 g/mol. The van der Waals surface area contributed by atoms with Crippen molar-refractivity contribution in [1.82, 2.24) is 39.0 Å². The van der Waals surface area contributed by atoms with Crippen LogP contribution in [0.5, 0.6) is 0 Å². The smallest absolute Gasteiger partial charge is 0.388 e. The number of aliphatic hydroxyl groups is 2. The molecule has 2 bridgehead atoms. The first kappa shape index (κ1) is 39.8. The summed E-state index contributed by atoms with van der Waals surface area (Å²) < 4.78 is 76.5. The topological polar surface area (TPSA) is 298 Å². The van der Waals surface area contributed by atoms with Crippen molar-refractivity contribution < 1.29 is 51.6 Å². The number of ether oxygens (including phenoxy) is 3. The number of nitrogens with zero attached hydrogens (tertiary/aromatic N) is 7. The summed E-state index contributed by atoms with van der Waals surface area (Å²) in [6.45, 7) is 1.87. The lowest BCUT2D eigenvalue weighted by atomic mass is 9.96. The molecule has 8 rings (SSSR count). The average Bonchev–Trinajstić information content (AvgIpc) is 3.47. The molecule has 2 saturated heterocycles. The maximum Gasteiger partial charge on any atom is 0.391 e. The number of hydrogen-bond acceptors (Lipinski definition) is 20. The first-order valence-corrected chi connectivity index (χ1v) is 22.6. The number of nitrogen functional groups attached to an aromatic ring is 2. The van der Waals surface area contributed by atoms with Crippen LogP contribution in [0.2, 0.25) is 0 Å². The third kappa shape index (κ3) is 6.58. The Hall–Kier alpha value is -3.05. The van der Waals surface area contributed by atoms with Crippen molar-refractivity contribution in [1.29, 1.82) is 0 Å². The number of anilines is 2. The summed E-state index contributed by atoms with van der Waals surface area (Å²) in [7, 11) is -2.92. The molecule has 2 saturated carbocycles. The molecule has 56 heavy (non-hydrogen) atoms. The number of hydrogen-bond donors (Lipinski definition) is 5. The number of aromatic amines is 1. The number of aliphatic hydroxyl groups excluding tert-OH is 2. The highest BCUT2D eigenvalue weighted by molar-refractivity contribution is 8.55. The molecule has 5 unspecified atom stereocenters. The van der Waals surface area contributed by atoms with Crippen LogP contribution in [0.3, 0.4) is 0 Å². The van der Waals surface area contributed by atoms with Gasteiger partial charge in [0.1, 0.15) is 47.9 Å². The summed E-state index contributed by atoms with van der Waals surface area (Å²) >= 11 is 0.680. The van der Waals surface area contributed by atoms with E-state index in [1.165, 1.54) is 30.7 Å². The maximum absolute atomic E-state index is 15.3. The fourth-order valence-electron chi connectivity index (χ4n) is 8.01. The quantitative estimate of drug-likeness (QED) is 0.119. The number of nitrogens with two attached hydrogens (primary N) is 2. The van der Waals surface area contributed by atoms with E-state index >= 15 is 4.57 Å². The Labute approximate surface area is 323 Å². The van der Waals surface area contributed by atoms with Gasteiger partial charge in [-0.25, -0.2) is 24.5 Å². The van der Waals surface area contributed by atoms with Gasteiger partial charge in [-0.2, -0.15) is 4.98 Å². The van der Waals surface area contributed by atoms with Crippen molar-refractivity contribution in [2.45, 2.75) is 82.8 Å². The molecule has 12 atom stereocenters. The highest BCUT2D eigenvalue weighted by Gasteiger charge is 2.74. The Morgan fingerprint density at radius 2 is 1.88 bits per heavy atom. The number of H-pyrrole nitrogens is 1. The van der Waals surface area contributed by atoms with Crippen LogP contribution < -0.4 is 17.0 Å². The molecule has 4 aromatic rings. The molecule has 306 valence electrons. The van der Waals surface area contributed by atoms with E-state index < -0.39 is 91.9 Å². The molecule has 2 aliphatic carbocycles. The lowest BCUT2D eigenvalue weighted by Gasteiger charge is -2.35. The molecule has 0 amide bonds. The number of rotatable bonds is 9. The molecule has 0 aromatic carbocycles.